The van der Waals surface area contributed by atoms with Gasteiger partial charge in [0.05, 0.1) is 10.6 Å². The fourth-order valence-electron chi connectivity index (χ4n) is 2.13. The predicted octanol–water partition coefficient (Wildman–Crippen LogP) is 2.56. The summed E-state index contributed by atoms with van der Waals surface area (Å²) in [5, 5.41) is 18.7. The third-order valence-electron chi connectivity index (χ3n) is 3.51. The van der Waals surface area contributed by atoms with Gasteiger partial charge in [0.25, 0.3) is 0 Å². The van der Waals surface area contributed by atoms with E-state index in [0.717, 1.165) is 5.56 Å². The molecule has 0 aliphatic rings. The molecule has 0 fully saturated rings. The number of rotatable bonds is 6. The van der Waals surface area contributed by atoms with Crippen molar-refractivity contribution >= 4 is 15.8 Å². The average Bonchev–Trinajstić information content (AvgIpc) is 2.50. The molecule has 2 N–H and O–H groups in total. The van der Waals surface area contributed by atoms with Crippen molar-refractivity contribution in [1.82, 2.24) is 0 Å². The Morgan fingerprint density at radius 3 is 2.33 bits per heavy atom. The molecule has 0 aliphatic carbocycles. The Balaban J connectivity index is 2.09. The summed E-state index contributed by atoms with van der Waals surface area (Å²) in [6, 6.07) is 9.14. The van der Waals surface area contributed by atoms with Crippen molar-refractivity contribution < 1.29 is 28.2 Å². The Morgan fingerprint density at radius 2 is 1.75 bits per heavy atom. The zero-order valence-electron chi connectivity index (χ0n) is 13.3. The Kier molecular flexibility index (Phi) is 5.14. The summed E-state index contributed by atoms with van der Waals surface area (Å²) in [5.74, 6) is -1.66. The number of carbonyl (C=O) groups is 1. The van der Waals surface area contributed by atoms with Gasteiger partial charge in [0.2, 0.25) is 0 Å². The zero-order valence-corrected chi connectivity index (χ0v) is 14.1. The van der Waals surface area contributed by atoms with Crippen LogP contribution in [0.2, 0.25) is 0 Å². The van der Waals surface area contributed by atoms with Gasteiger partial charge in [0, 0.05) is 0 Å². The van der Waals surface area contributed by atoms with Gasteiger partial charge in [-0.1, -0.05) is 17.7 Å². The number of carboxylic acid groups (broad SMARTS) is 1. The van der Waals surface area contributed by atoms with Gasteiger partial charge >= 0.3 is 5.97 Å². The van der Waals surface area contributed by atoms with E-state index < -0.39 is 15.8 Å². The molecule has 0 spiro atoms. The minimum atomic E-state index is -3.48. The summed E-state index contributed by atoms with van der Waals surface area (Å²) in [4.78, 5) is 11.3. The Labute approximate surface area is 140 Å². The maximum atomic E-state index is 12.2. The quantitative estimate of drug-likeness (QED) is 0.830. The van der Waals surface area contributed by atoms with E-state index in [2.05, 4.69) is 0 Å². The van der Waals surface area contributed by atoms with Gasteiger partial charge in [-0.15, -0.1) is 0 Å². The van der Waals surface area contributed by atoms with E-state index in [9.17, 15) is 18.3 Å². The first-order valence-electron chi connectivity index (χ1n) is 7.20. The van der Waals surface area contributed by atoms with Gasteiger partial charge < -0.3 is 14.9 Å². The maximum absolute atomic E-state index is 12.2. The average molecular weight is 350 g/mol. The Morgan fingerprint density at radius 1 is 1.12 bits per heavy atom. The lowest BCUT2D eigenvalue weighted by atomic mass is 10.1. The molecule has 0 heterocycles. The van der Waals surface area contributed by atoms with Crippen LogP contribution in [0, 0.1) is 13.8 Å². The number of benzene rings is 2. The second-order valence-corrected chi connectivity index (χ2v) is 7.53. The second kappa shape index (κ2) is 6.92. The molecule has 2 rings (SSSR count). The van der Waals surface area contributed by atoms with Crippen LogP contribution in [-0.2, 0) is 9.84 Å². The highest BCUT2D eigenvalue weighted by atomic mass is 32.2. The van der Waals surface area contributed by atoms with E-state index in [4.69, 9.17) is 9.84 Å². The van der Waals surface area contributed by atoms with Crippen LogP contribution in [0.15, 0.2) is 41.3 Å². The van der Waals surface area contributed by atoms with Gasteiger partial charge in [-0.3, -0.25) is 0 Å². The summed E-state index contributed by atoms with van der Waals surface area (Å²) in [6.45, 7) is 3.28. The molecule has 6 nitrogen and oxygen atoms in total. The number of aromatic carboxylic acids is 1. The molecule has 0 saturated carbocycles. The summed E-state index contributed by atoms with van der Waals surface area (Å²) in [5.41, 5.74) is 1.02. The van der Waals surface area contributed by atoms with Gasteiger partial charge in [-0.25, -0.2) is 13.2 Å². The first kappa shape index (κ1) is 17.8. The van der Waals surface area contributed by atoms with Crippen LogP contribution in [0.1, 0.15) is 21.5 Å². The van der Waals surface area contributed by atoms with Gasteiger partial charge in [-0.05, 0) is 43.7 Å². The smallest absolute Gasteiger partial charge is 0.339 e. The van der Waals surface area contributed by atoms with E-state index in [1.165, 1.54) is 31.2 Å². The number of ether oxygens (including phenoxy) is 1. The first-order chi connectivity index (χ1) is 11.2. The highest BCUT2D eigenvalue weighted by Gasteiger charge is 2.16. The molecular weight excluding hydrogens is 332 g/mol. The molecule has 0 aromatic heterocycles. The van der Waals surface area contributed by atoms with Crippen molar-refractivity contribution in [3.8, 4) is 11.5 Å². The van der Waals surface area contributed by atoms with E-state index in [0.29, 0.717) is 5.56 Å². The van der Waals surface area contributed by atoms with E-state index in [1.807, 2.05) is 6.92 Å². The summed E-state index contributed by atoms with van der Waals surface area (Å²) >= 11 is 0. The standard InChI is InChI=1S/C17H18O6S/c1-11-3-5-14(6-4-11)24(21,22)8-7-23-13-9-12(2)16(18)15(10-13)17(19)20/h3-6,9-10,18H,7-8H2,1-2H3,(H,19,20). The second-order valence-electron chi connectivity index (χ2n) is 5.42. The summed E-state index contributed by atoms with van der Waals surface area (Å²) in [6.07, 6.45) is 0. The number of phenols is 1. The molecule has 24 heavy (non-hydrogen) atoms. The minimum absolute atomic E-state index is 0.126. The molecule has 0 bridgehead atoms. The first-order valence-corrected chi connectivity index (χ1v) is 8.85. The number of sulfone groups is 1. The molecule has 2 aromatic rings. The van der Waals surface area contributed by atoms with Crippen LogP contribution >= 0.6 is 0 Å². The van der Waals surface area contributed by atoms with E-state index in [-0.39, 0.29) is 34.3 Å². The van der Waals surface area contributed by atoms with Crippen molar-refractivity contribution in [2.75, 3.05) is 12.4 Å². The zero-order chi connectivity index (χ0) is 17.9. The van der Waals surface area contributed by atoms with Gasteiger partial charge in [-0.2, -0.15) is 0 Å². The van der Waals surface area contributed by atoms with Crippen molar-refractivity contribution in [2.24, 2.45) is 0 Å². The number of aryl methyl sites for hydroxylation is 2. The molecular formula is C17H18O6S. The number of carboxylic acids is 1. The lowest BCUT2D eigenvalue weighted by Gasteiger charge is -2.10. The number of hydrogen-bond acceptors (Lipinski definition) is 5. The van der Waals surface area contributed by atoms with Crippen molar-refractivity contribution in [3.63, 3.8) is 0 Å². The molecule has 0 saturated heterocycles. The van der Waals surface area contributed by atoms with Crippen LogP contribution < -0.4 is 4.74 Å². The number of aromatic hydroxyl groups is 1. The molecule has 2 aromatic carbocycles. The molecule has 0 unspecified atom stereocenters. The number of hydrogen-bond donors (Lipinski definition) is 2. The monoisotopic (exact) mass is 350 g/mol. The Bertz CT molecular complexity index is 853. The van der Waals surface area contributed by atoms with Crippen LogP contribution in [0.4, 0.5) is 0 Å². The third kappa shape index (κ3) is 4.05. The largest absolute Gasteiger partial charge is 0.507 e. The molecule has 0 aliphatic heterocycles. The van der Waals surface area contributed by atoms with Crippen molar-refractivity contribution in [1.29, 1.82) is 0 Å². The molecule has 7 heteroatoms. The molecule has 0 radical (unpaired) electrons. The summed E-state index contributed by atoms with van der Waals surface area (Å²) < 4.78 is 29.8. The maximum Gasteiger partial charge on any atom is 0.339 e. The van der Waals surface area contributed by atoms with Crippen LogP contribution in [0.5, 0.6) is 11.5 Å². The lowest BCUT2D eigenvalue weighted by Crippen LogP contribution is -2.14. The minimum Gasteiger partial charge on any atom is -0.507 e. The van der Waals surface area contributed by atoms with Crippen LogP contribution in [0.25, 0.3) is 0 Å². The predicted molar refractivity (Wildman–Crippen MR) is 88.5 cm³/mol. The van der Waals surface area contributed by atoms with Crippen LogP contribution in [0.3, 0.4) is 0 Å². The molecule has 0 atom stereocenters. The van der Waals surface area contributed by atoms with E-state index >= 15 is 0 Å². The Hall–Kier alpha value is -2.54. The lowest BCUT2D eigenvalue weighted by molar-refractivity contribution is 0.0693. The highest BCUT2D eigenvalue weighted by molar-refractivity contribution is 7.91. The highest BCUT2D eigenvalue weighted by Crippen LogP contribution is 2.28. The van der Waals surface area contributed by atoms with Gasteiger partial charge in [0.15, 0.2) is 9.84 Å². The van der Waals surface area contributed by atoms with E-state index in [1.54, 1.807) is 12.1 Å². The van der Waals surface area contributed by atoms with Crippen LogP contribution in [-0.4, -0.2) is 37.0 Å². The molecule has 0 amide bonds. The van der Waals surface area contributed by atoms with Crippen molar-refractivity contribution in [2.45, 2.75) is 18.7 Å². The fourth-order valence-corrected chi connectivity index (χ4v) is 3.21. The topological polar surface area (TPSA) is 101 Å². The SMILES string of the molecule is Cc1ccc(S(=O)(=O)CCOc2cc(C)c(O)c(C(=O)O)c2)cc1. The summed E-state index contributed by atoms with van der Waals surface area (Å²) in [7, 11) is -3.48. The fraction of sp³-hybridized carbons (Fsp3) is 0.235. The third-order valence-corrected chi connectivity index (χ3v) is 5.20. The normalized spacial score (nSPS) is 11.2. The van der Waals surface area contributed by atoms with Gasteiger partial charge in [0.1, 0.15) is 23.7 Å². The molecule has 128 valence electrons. The van der Waals surface area contributed by atoms with Crippen molar-refractivity contribution in [3.05, 3.63) is 53.1 Å².